The monoisotopic (exact) mass is 403 g/mol. The standard InChI is InChI=1S/C19H18ClN3OS2/c1-12-4-6-17(8-13(12)2)23(14(3)24)19-22-16(11-26-19)10-25-18-7-5-15(20)9-21-18/h4-9,11H,10H2,1-3H3. The van der Waals surface area contributed by atoms with Crippen LogP contribution in [0.25, 0.3) is 0 Å². The van der Waals surface area contributed by atoms with Gasteiger partial charge >= 0.3 is 0 Å². The third-order valence-electron chi connectivity index (χ3n) is 3.86. The highest BCUT2D eigenvalue weighted by Crippen LogP contribution is 2.32. The van der Waals surface area contributed by atoms with Crippen molar-refractivity contribution >= 4 is 51.4 Å². The van der Waals surface area contributed by atoms with Crippen LogP contribution in [0.2, 0.25) is 5.02 Å². The lowest BCUT2D eigenvalue weighted by molar-refractivity contribution is -0.115. The van der Waals surface area contributed by atoms with E-state index in [9.17, 15) is 4.79 Å². The molecule has 0 fully saturated rings. The fraction of sp³-hybridized carbons (Fsp3) is 0.211. The van der Waals surface area contributed by atoms with Crippen molar-refractivity contribution in [2.24, 2.45) is 0 Å². The van der Waals surface area contributed by atoms with E-state index in [1.807, 2.05) is 42.6 Å². The molecular weight excluding hydrogens is 386 g/mol. The van der Waals surface area contributed by atoms with Gasteiger partial charge in [-0.25, -0.2) is 9.97 Å². The summed E-state index contributed by atoms with van der Waals surface area (Å²) in [6.07, 6.45) is 1.63. The highest BCUT2D eigenvalue weighted by Gasteiger charge is 2.18. The summed E-state index contributed by atoms with van der Waals surface area (Å²) in [4.78, 5) is 22.8. The molecule has 134 valence electrons. The lowest BCUT2D eigenvalue weighted by Gasteiger charge is -2.19. The SMILES string of the molecule is CC(=O)N(c1ccc(C)c(C)c1)c1nc(CSc2ccc(Cl)cn2)cs1. The Morgan fingerprint density at radius 2 is 2.04 bits per heavy atom. The van der Waals surface area contributed by atoms with Gasteiger partial charge < -0.3 is 0 Å². The maximum Gasteiger partial charge on any atom is 0.230 e. The molecule has 1 aromatic carbocycles. The molecule has 0 N–H and O–H groups in total. The molecule has 4 nitrogen and oxygen atoms in total. The molecule has 0 saturated carbocycles. The number of pyridine rings is 1. The lowest BCUT2D eigenvalue weighted by Crippen LogP contribution is -2.22. The smallest absolute Gasteiger partial charge is 0.230 e. The molecule has 2 heterocycles. The van der Waals surface area contributed by atoms with Crippen LogP contribution in [0.1, 0.15) is 23.7 Å². The van der Waals surface area contributed by atoms with Crippen molar-refractivity contribution in [3.63, 3.8) is 0 Å². The average molecular weight is 404 g/mol. The summed E-state index contributed by atoms with van der Waals surface area (Å²) in [7, 11) is 0. The van der Waals surface area contributed by atoms with Crippen LogP contribution >= 0.6 is 34.7 Å². The summed E-state index contributed by atoms with van der Waals surface area (Å²) in [5.41, 5.74) is 4.11. The number of hydrogen-bond acceptors (Lipinski definition) is 5. The summed E-state index contributed by atoms with van der Waals surface area (Å²) in [6, 6.07) is 9.70. The normalized spacial score (nSPS) is 10.8. The number of aromatic nitrogens is 2. The van der Waals surface area contributed by atoms with E-state index in [0.717, 1.165) is 22.0 Å². The highest BCUT2D eigenvalue weighted by atomic mass is 35.5. The van der Waals surface area contributed by atoms with Crippen LogP contribution < -0.4 is 4.90 Å². The van der Waals surface area contributed by atoms with Crippen molar-refractivity contribution in [2.45, 2.75) is 31.6 Å². The van der Waals surface area contributed by atoms with Gasteiger partial charge in [0.05, 0.1) is 21.4 Å². The number of aryl methyl sites for hydroxylation is 2. The number of thioether (sulfide) groups is 1. The molecule has 3 aromatic rings. The Kier molecular flexibility index (Phi) is 5.96. The Bertz CT molecular complexity index is 925. The van der Waals surface area contributed by atoms with E-state index in [1.54, 1.807) is 29.8 Å². The topological polar surface area (TPSA) is 46.1 Å². The molecule has 0 radical (unpaired) electrons. The van der Waals surface area contributed by atoms with Crippen molar-refractivity contribution in [3.05, 3.63) is 63.8 Å². The highest BCUT2D eigenvalue weighted by molar-refractivity contribution is 7.98. The number of rotatable bonds is 5. The van der Waals surface area contributed by atoms with Crippen molar-refractivity contribution in [2.75, 3.05) is 4.90 Å². The van der Waals surface area contributed by atoms with Crippen molar-refractivity contribution in [3.8, 4) is 0 Å². The molecule has 1 amide bonds. The van der Waals surface area contributed by atoms with E-state index in [2.05, 4.69) is 16.9 Å². The van der Waals surface area contributed by atoms with Crippen LogP contribution in [0.3, 0.4) is 0 Å². The zero-order chi connectivity index (χ0) is 18.7. The van der Waals surface area contributed by atoms with Gasteiger partial charge in [-0.2, -0.15) is 0 Å². The van der Waals surface area contributed by atoms with Gasteiger partial charge in [0.2, 0.25) is 5.91 Å². The van der Waals surface area contributed by atoms with Gasteiger partial charge in [0.15, 0.2) is 5.13 Å². The van der Waals surface area contributed by atoms with E-state index >= 15 is 0 Å². The number of halogens is 1. The molecule has 0 atom stereocenters. The van der Waals surface area contributed by atoms with E-state index < -0.39 is 0 Å². The predicted octanol–water partition coefficient (Wildman–Crippen LogP) is 5.79. The van der Waals surface area contributed by atoms with Crippen LogP contribution in [0.4, 0.5) is 10.8 Å². The fourth-order valence-corrected chi connectivity index (χ4v) is 4.19. The predicted molar refractivity (Wildman–Crippen MR) is 110 cm³/mol. The molecule has 0 aliphatic heterocycles. The largest absolute Gasteiger partial charge is 0.274 e. The molecule has 3 rings (SSSR count). The summed E-state index contributed by atoms with van der Waals surface area (Å²) >= 11 is 8.91. The number of benzene rings is 1. The fourth-order valence-electron chi connectivity index (χ4n) is 2.35. The van der Waals surface area contributed by atoms with Crippen LogP contribution in [0.5, 0.6) is 0 Å². The molecule has 26 heavy (non-hydrogen) atoms. The molecule has 0 bridgehead atoms. The second kappa shape index (κ2) is 8.20. The Labute approximate surface area is 166 Å². The first-order valence-corrected chi connectivity index (χ1v) is 10.2. The van der Waals surface area contributed by atoms with Crippen LogP contribution in [0.15, 0.2) is 46.9 Å². The van der Waals surface area contributed by atoms with Crippen molar-refractivity contribution in [1.82, 2.24) is 9.97 Å². The Morgan fingerprint density at radius 1 is 1.23 bits per heavy atom. The van der Waals surface area contributed by atoms with Gasteiger partial charge in [-0.3, -0.25) is 9.69 Å². The summed E-state index contributed by atoms with van der Waals surface area (Å²) in [6.45, 7) is 5.66. The lowest BCUT2D eigenvalue weighted by atomic mass is 10.1. The third-order valence-corrected chi connectivity index (χ3v) is 5.94. The zero-order valence-corrected chi connectivity index (χ0v) is 17.1. The number of nitrogens with zero attached hydrogens (tertiary/aromatic N) is 3. The number of hydrogen-bond donors (Lipinski definition) is 0. The number of carbonyl (C=O) groups excluding carboxylic acids is 1. The van der Waals surface area contributed by atoms with Gasteiger partial charge in [0.25, 0.3) is 0 Å². The van der Waals surface area contributed by atoms with Gasteiger partial charge in [-0.1, -0.05) is 17.7 Å². The van der Waals surface area contributed by atoms with E-state index in [4.69, 9.17) is 11.6 Å². The van der Waals surface area contributed by atoms with Gasteiger partial charge in [-0.15, -0.1) is 23.1 Å². The molecule has 0 unspecified atom stereocenters. The van der Waals surface area contributed by atoms with Crippen LogP contribution in [0, 0.1) is 13.8 Å². The molecule has 0 aliphatic carbocycles. The first-order valence-electron chi connectivity index (χ1n) is 8.01. The van der Waals surface area contributed by atoms with E-state index in [1.165, 1.54) is 16.9 Å². The maximum absolute atomic E-state index is 12.2. The van der Waals surface area contributed by atoms with E-state index in [-0.39, 0.29) is 5.91 Å². The number of thiazole rings is 1. The van der Waals surface area contributed by atoms with Gasteiger partial charge in [0, 0.05) is 24.3 Å². The minimum absolute atomic E-state index is 0.0545. The quantitative estimate of drug-likeness (QED) is 0.506. The van der Waals surface area contributed by atoms with Crippen LogP contribution in [-0.2, 0) is 10.5 Å². The average Bonchev–Trinajstić information content (AvgIpc) is 3.06. The number of amides is 1. The molecule has 7 heteroatoms. The van der Waals surface area contributed by atoms with Crippen LogP contribution in [-0.4, -0.2) is 15.9 Å². The molecule has 0 aliphatic rings. The summed E-state index contributed by atoms with van der Waals surface area (Å²) in [5, 5.41) is 4.17. The molecular formula is C19H18ClN3OS2. The molecule has 0 saturated heterocycles. The Balaban J connectivity index is 1.78. The second-order valence-corrected chi connectivity index (χ2v) is 8.12. The first kappa shape index (κ1) is 18.9. The summed E-state index contributed by atoms with van der Waals surface area (Å²) in [5.74, 6) is 0.630. The number of anilines is 2. The maximum atomic E-state index is 12.2. The second-order valence-electron chi connectivity index (χ2n) is 5.85. The van der Waals surface area contributed by atoms with Crippen molar-refractivity contribution < 1.29 is 4.79 Å². The molecule has 0 spiro atoms. The van der Waals surface area contributed by atoms with Gasteiger partial charge in [0.1, 0.15) is 0 Å². The zero-order valence-electron chi connectivity index (χ0n) is 14.7. The summed E-state index contributed by atoms with van der Waals surface area (Å²) < 4.78 is 0. The third kappa shape index (κ3) is 4.44. The van der Waals surface area contributed by atoms with Crippen molar-refractivity contribution in [1.29, 1.82) is 0 Å². The number of carbonyl (C=O) groups is 1. The van der Waals surface area contributed by atoms with Gasteiger partial charge in [-0.05, 0) is 49.2 Å². The van der Waals surface area contributed by atoms with E-state index in [0.29, 0.717) is 15.9 Å². The Morgan fingerprint density at radius 3 is 2.69 bits per heavy atom. The first-order chi connectivity index (χ1) is 12.4. The minimum atomic E-state index is -0.0545. The Hall–Kier alpha value is -1.89. The molecule has 2 aromatic heterocycles. The minimum Gasteiger partial charge on any atom is -0.274 e.